The van der Waals surface area contributed by atoms with Gasteiger partial charge in [0.25, 0.3) is 10.1 Å². The maximum atomic E-state index is 12.2. The van der Waals surface area contributed by atoms with Gasteiger partial charge in [0.1, 0.15) is 0 Å². The van der Waals surface area contributed by atoms with Gasteiger partial charge in [-0.15, -0.1) is 0 Å². The molecular weight excluding hydrogens is 477 g/mol. The van der Waals surface area contributed by atoms with Gasteiger partial charge in [-0.25, -0.2) is 0 Å². The Kier molecular flexibility index (Phi) is 9.54. The largest absolute Gasteiger partial charge is 1.00 e. The molecule has 0 aromatic rings. The van der Waals surface area contributed by atoms with E-state index < -0.39 is 15.9 Å². The zero-order valence-electron chi connectivity index (χ0n) is 22.1. The summed E-state index contributed by atoms with van der Waals surface area (Å²) in [4.78, 5) is 12.2. The van der Waals surface area contributed by atoms with Gasteiger partial charge in [-0.3, -0.25) is 9.35 Å². The number of hydrogen-bond donors (Lipinski definition) is 4. The Labute approximate surface area is 233 Å². The third kappa shape index (κ3) is 5.99. The molecule has 196 valence electrons. The minimum atomic E-state index is -4.06. The van der Waals surface area contributed by atoms with Gasteiger partial charge in [0.2, 0.25) is 5.91 Å². The first-order valence-corrected chi connectivity index (χ1v) is 15.0. The smallest absolute Gasteiger partial charge is 0.393 e. The van der Waals surface area contributed by atoms with E-state index in [2.05, 4.69) is 26.1 Å². The number of hydrogen-bond acceptors (Lipinski definition) is 5. The molecule has 0 bridgehead atoms. The molecule has 0 heterocycles. The van der Waals surface area contributed by atoms with E-state index >= 15 is 0 Å². The van der Waals surface area contributed by atoms with Crippen LogP contribution in [0, 0.1) is 46.3 Å². The quantitative estimate of drug-likeness (QED) is 0.284. The van der Waals surface area contributed by atoms with Crippen molar-refractivity contribution in [2.75, 3.05) is 12.3 Å². The summed E-state index contributed by atoms with van der Waals surface area (Å²) in [6.45, 7) is 7.05. The minimum absolute atomic E-state index is 0. The maximum absolute atomic E-state index is 12.2. The number of amides is 1. The van der Waals surface area contributed by atoms with Crippen LogP contribution in [0.4, 0.5) is 0 Å². The van der Waals surface area contributed by atoms with Gasteiger partial charge in [0.05, 0.1) is 18.0 Å². The van der Waals surface area contributed by atoms with Crippen molar-refractivity contribution >= 4 is 16.0 Å². The average molecular weight is 523 g/mol. The van der Waals surface area contributed by atoms with E-state index in [0.717, 1.165) is 51.4 Å². The van der Waals surface area contributed by atoms with Crippen molar-refractivity contribution in [2.24, 2.45) is 46.3 Å². The molecule has 0 saturated heterocycles. The van der Waals surface area contributed by atoms with Crippen LogP contribution in [0.5, 0.6) is 0 Å². The third-order valence-corrected chi connectivity index (χ3v) is 11.6. The summed E-state index contributed by atoms with van der Waals surface area (Å²) in [5, 5.41) is 24.2. The molecule has 0 spiro atoms. The second-order valence-electron chi connectivity index (χ2n) is 12.6. The van der Waals surface area contributed by atoms with E-state index in [1.54, 1.807) is 0 Å². The first-order chi connectivity index (χ1) is 15.8. The fraction of sp³-hybridized carbons (Fsp3) is 0.962. The van der Waals surface area contributed by atoms with Crippen LogP contribution < -0.4 is 34.9 Å². The summed E-state index contributed by atoms with van der Waals surface area (Å²) < 4.78 is 30.5. The summed E-state index contributed by atoms with van der Waals surface area (Å²) in [6.07, 6.45) is 8.87. The van der Waals surface area contributed by atoms with Crippen molar-refractivity contribution in [3.8, 4) is 0 Å². The van der Waals surface area contributed by atoms with Crippen molar-refractivity contribution < 1.29 is 57.5 Å². The molecule has 0 aliphatic heterocycles. The van der Waals surface area contributed by atoms with Gasteiger partial charge >= 0.3 is 29.6 Å². The molecule has 10 atom stereocenters. The molecule has 4 N–H and O–H groups in total. The predicted molar refractivity (Wildman–Crippen MR) is 130 cm³/mol. The van der Waals surface area contributed by atoms with Crippen molar-refractivity contribution in [2.45, 2.75) is 97.2 Å². The van der Waals surface area contributed by atoms with E-state index in [4.69, 9.17) is 4.55 Å². The number of rotatable bonds is 7. The molecular formula is C26H45NNaO6S+. The summed E-state index contributed by atoms with van der Waals surface area (Å²) in [7, 11) is -4.06. The van der Waals surface area contributed by atoms with E-state index in [9.17, 15) is 23.4 Å². The van der Waals surface area contributed by atoms with Crippen LogP contribution in [0.1, 0.15) is 85.0 Å². The van der Waals surface area contributed by atoms with E-state index in [-0.39, 0.29) is 65.0 Å². The summed E-state index contributed by atoms with van der Waals surface area (Å²) in [5.74, 6) is 2.10. The number of aliphatic hydroxyl groups excluding tert-OH is 2. The summed E-state index contributed by atoms with van der Waals surface area (Å²) >= 11 is 0. The predicted octanol–water partition coefficient (Wildman–Crippen LogP) is 0.401. The molecule has 1 amide bonds. The first-order valence-electron chi connectivity index (χ1n) is 13.4. The Morgan fingerprint density at radius 2 is 1.69 bits per heavy atom. The molecule has 0 radical (unpaired) electrons. The number of carbonyl (C=O) groups excluding carboxylic acids is 1. The molecule has 4 fully saturated rings. The van der Waals surface area contributed by atoms with Gasteiger partial charge in [-0.2, -0.15) is 8.42 Å². The Morgan fingerprint density at radius 3 is 2.37 bits per heavy atom. The monoisotopic (exact) mass is 522 g/mol. The minimum Gasteiger partial charge on any atom is -0.393 e. The standard InChI is InChI=1S/C26H45NO6S.Na/c1-16(4-7-23(30)27-12-13-34(31,32)33)19-5-6-20-24-21(9-11-26(19,20)3)25(2)10-8-18(28)14-17(25)15-22(24)29;/h16-22,24,28-29H,4-15H2,1-3H3,(H,27,30)(H,31,32,33);/q;+1/t16-,17+,18-,19-,20+,21+,22-,24+,25+,26-;/m1./s1. The number of fused-ring (bicyclic) bond motifs is 5. The Morgan fingerprint density at radius 1 is 1.03 bits per heavy atom. The SMILES string of the molecule is C[C@H](CCC(=O)NCCS(=O)(=O)O)[C@H]1CC[C@H]2[C@@H]3[C@H](O)C[C@@H]4C[C@H](O)CC[C@]4(C)[C@H]3CC[C@]12C.[Na+]. The molecule has 0 aromatic heterocycles. The zero-order valence-corrected chi connectivity index (χ0v) is 24.9. The summed E-state index contributed by atoms with van der Waals surface area (Å²) in [6, 6.07) is 0. The molecule has 4 rings (SSSR count). The fourth-order valence-corrected chi connectivity index (χ4v) is 9.50. The van der Waals surface area contributed by atoms with Crippen LogP contribution in [0.2, 0.25) is 0 Å². The van der Waals surface area contributed by atoms with Crippen LogP contribution in [0.15, 0.2) is 0 Å². The fourth-order valence-electron chi connectivity index (χ4n) is 9.14. The number of nitrogens with one attached hydrogen (secondary N) is 1. The van der Waals surface area contributed by atoms with Gasteiger partial charge in [0, 0.05) is 13.0 Å². The molecule has 4 saturated carbocycles. The second kappa shape index (κ2) is 11.2. The van der Waals surface area contributed by atoms with Crippen LogP contribution in [-0.4, -0.2) is 53.6 Å². The van der Waals surface area contributed by atoms with Gasteiger partial charge in [0.15, 0.2) is 0 Å². The molecule has 9 heteroatoms. The third-order valence-electron chi connectivity index (χ3n) is 10.9. The maximum Gasteiger partial charge on any atom is 1.00 e. The van der Waals surface area contributed by atoms with Crippen LogP contribution in [-0.2, 0) is 14.9 Å². The van der Waals surface area contributed by atoms with E-state index in [1.807, 2.05) is 0 Å². The van der Waals surface area contributed by atoms with Gasteiger partial charge in [-0.1, -0.05) is 20.8 Å². The van der Waals surface area contributed by atoms with E-state index in [0.29, 0.717) is 41.9 Å². The molecule has 35 heavy (non-hydrogen) atoms. The molecule has 7 nitrogen and oxygen atoms in total. The van der Waals surface area contributed by atoms with Crippen LogP contribution in [0.25, 0.3) is 0 Å². The van der Waals surface area contributed by atoms with Crippen molar-refractivity contribution in [3.05, 3.63) is 0 Å². The van der Waals surface area contributed by atoms with E-state index in [1.165, 1.54) is 6.42 Å². The van der Waals surface area contributed by atoms with Crippen molar-refractivity contribution in [1.82, 2.24) is 5.32 Å². The van der Waals surface area contributed by atoms with Crippen LogP contribution >= 0.6 is 0 Å². The second-order valence-corrected chi connectivity index (χ2v) is 14.2. The molecule has 4 aliphatic carbocycles. The molecule has 0 aromatic carbocycles. The summed E-state index contributed by atoms with van der Waals surface area (Å²) in [5.41, 5.74) is 0.411. The number of aliphatic hydroxyl groups is 2. The first kappa shape index (κ1) is 29.9. The average Bonchev–Trinajstić information content (AvgIpc) is 3.09. The normalized spacial score (nSPS) is 43.8. The van der Waals surface area contributed by atoms with Gasteiger partial charge in [-0.05, 0) is 104 Å². The van der Waals surface area contributed by atoms with Crippen molar-refractivity contribution in [3.63, 3.8) is 0 Å². The Bertz CT molecular complexity index is 870. The Balaban J connectivity index is 0.00000342. The zero-order chi connectivity index (χ0) is 24.9. The van der Waals surface area contributed by atoms with Crippen LogP contribution in [0.3, 0.4) is 0 Å². The van der Waals surface area contributed by atoms with Gasteiger partial charge < -0.3 is 15.5 Å². The van der Waals surface area contributed by atoms with Crippen molar-refractivity contribution in [1.29, 1.82) is 0 Å². The topological polar surface area (TPSA) is 124 Å². The molecule has 4 aliphatic rings. The Hall–Kier alpha value is 0.300. The molecule has 0 unspecified atom stereocenters. The number of carbonyl (C=O) groups is 1.